The van der Waals surface area contributed by atoms with Crippen LogP contribution in [0.15, 0.2) is 36.4 Å². The molecule has 5 heteroatoms. The average Bonchev–Trinajstić information content (AvgIpc) is 2.59. The van der Waals surface area contributed by atoms with Crippen LogP contribution in [0.25, 0.3) is 0 Å². The van der Waals surface area contributed by atoms with Gasteiger partial charge in [0.25, 0.3) is 0 Å². The summed E-state index contributed by atoms with van der Waals surface area (Å²) in [6.07, 6.45) is 0.555. The van der Waals surface area contributed by atoms with E-state index >= 15 is 0 Å². The minimum absolute atomic E-state index is 0.309. The molecule has 0 radical (unpaired) electrons. The van der Waals surface area contributed by atoms with Crippen molar-refractivity contribution in [2.75, 3.05) is 21.3 Å². The van der Waals surface area contributed by atoms with Gasteiger partial charge in [-0.05, 0) is 41.8 Å². The second-order valence-corrected chi connectivity index (χ2v) is 5.38. The van der Waals surface area contributed by atoms with Crippen molar-refractivity contribution >= 4 is 11.6 Å². The highest BCUT2D eigenvalue weighted by Crippen LogP contribution is 2.32. The summed E-state index contributed by atoms with van der Waals surface area (Å²) < 4.78 is 15.7. The van der Waals surface area contributed by atoms with Crippen LogP contribution >= 0.6 is 11.6 Å². The van der Waals surface area contributed by atoms with E-state index in [4.69, 9.17) is 25.8 Å². The molecule has 2 aromatic carbocycles. The van der Waals surface area contributed by atoms with Gasteiger partial charge in [0.2, 0.25) is 0 Å². The fraction of sp³-hybridized carbons (Fsp3) is 0.278. The second kappa shape index (κ2) is 7.75. The normalized spacial score (nSPS) is 11.4. The molecule has 0 aromatic heterocycles. The monoisotopic (exact) mass is 331 g/mol. The summed E-state index contributed by atoms with van der Waals surface area (Å²) >= 11 is 6.15. The SMILES string of the molecule is COc1ccc(C(C#N)Cc2ccc(OC)c(OC)c2)cc1Cl. The highest BCUT2D eigenvalue weighted by molar-refractivity contribution is 6.32. The van der Waals surface area contributed by atoms with Gasteiger partial charge in [-0.15, -0.1) is 0 Å². The first-order chi connectivity index (χ1) is 11.1. The zero-order valence-corrected chi connectivity index (χ0v) is 14.1. The molecule has 0 aliphatic carbocycles. The molecular weight excluding hydrogens is 314 g/mol. The zero-order valence-electron chi connectivity index (χ0n) is 13.3. The van der Waals surface area contributed by atoms with Crippen LogP contribution in [-0.2, 0) is 6.42 Å². The molecule has 0 spiro atoms. The molecule has 2 aromatic rings. The smallest absolute Gasteiger partial charge is 0.160 e. The number of hydrogen-bond acceptors (Lipinski definition) is 4. The number of ether oxygens (including phenoxy) is 3. The summed E-state index contributed by atoms with van der Waals surface area (Å²) in [5.74, 6) is 1.60. The van der Waals surface area contributed by atoms with Gasteiger partial charge in [-0.1, -0.05) is 23.7 Å². The Labute approximate surface area is 141 Å². The fourth-order valence-electron chi connectivity index (χ4n) is 2.38. The molecular formula is C18H18ClNO3. The number of benzene rings is 2. The van der Waals surface area contributed by atoms with Crippen LogP contribution in [0.1, 0.15) is 17.0 Å². The van der Waals surface area contributed by atoms with Crippen LogP contribution in [0.2, 0.25) is 5.02 Å². The molecule has 1 unspecified atom stereocenters. The predicted molar refractivity (Wildman–Crippen MR) is 89.6 cm³/mol. The maximum Gasteiger partial charge on any atom is 0.160 e. The van der Waals surface area contributed by atoms with Gasteiger partial charge in [-0.3, -0.25) is 0 Å². The minimum atomic E-state index is -0.309. The van der Waals surface area contributed by atoms with Crippen LogP contribution in [0.4, 0.5) is 0 Å². The number of nitrogens with zero attached hydrogens (tertiary/aromatic N) is 1. The van der Waals surface area contributed by atoms with E-state index in [1.54, 1.807) is 33.5 Å². The average molecular weight is 332 g/mol. The van der Waals surface area contributed by atoms with Gasteiger partial charge in [-0.2, -0.15) is 5.26 Å². The summed E-state index contributed by atoms with van der Waals surface area (Å²) in [5.41, 5.74) is 1.84. The van der Waals surface area contributed by atoms with Crippen LogP contribution < -0.4 is 14.2 Å². The molecule has 0 saturated carbocycles. The molecule has 2 rings (SSSR count). The van der Waals surface area contributed by atoms with Gasteiger partial charge in [0.1, 0.15) is 5.75 Å². The Hall–Kier alpha value is -2.38. The second-order valence-electron chi connectivity index (χ2n) is 4.97. The third-order valence-electron chi connectivity index (χ3n) is 3.62. The third-order valence-corrected chi connectivity index (χ3v) is 3.92. The Kier molecular flexibility index (Phi) is 5.72. The van der Waals surface area contributed by atoms with Crippen molar-refractivity contribution in [2.45, 2.75) is 12.3 Å². The maximum absolute atomic E-state index is 9.51. The maximum atomic E-state index is 9.51. The Morgan fingerprint density at radius 1 is 0.957 bits per heavy atom. The molecule has 0 amide bonds. The number of nitriles is 1. The quantitative estimate of drug-likeness (QED) is 0.795. The minimum Gasteiger partial charge on any atom is -0.495 e. The lowest BCUT2D eigenvalue weighted by Gasteiger charge is -2.13. The summed E-state index contributed by atoms with van der Waals surface area (Å²) in [5, 5.41) is 10.0. The Morgan fingerprint density at radius 3 is 2.17 bits per heavy atom. The molecule has 120 valence electrons. The summed E-state index contributed by atoms with van der Waals surface area (Å²) in [4.78, 5) is 0. The molecule has 0 bridgehead atoms. The number of methoxy groups -OCH3 is 3. The molecule has 0 saturated heterocycles. The van der Waals surface area contributed by atoms with E-state index in [0.29, 0.717) is 28.7 Å². The highest BCUT2D eigenvalue weighted by atomic mass is 35.5. The molecule has 0 aliphatic rings. The Balaban J connectivity index is 2.26. The Morgan fingerprint density at radius 2 is 1.61 bits per heavy atom. The molecule has 0 fully saturated rings. The van der Waals surface area contributed by atoms with E-state index in [1.807, 2.05) is 24.3 Å². The van der Waals surface area contributed by atoms with Gasteiger partial charge in [0.05, 0.1) is 38.3 Å². The van der Waals surface area contributed by atoms with Crippen molar-refractivity contribution in [2.24, 2.45) is 0 Å². The van der Waals surface area contributed by atoms with Crippen LogP contribution in [-0.4, -0.2) is 21.3 Å². The third kappa shape index (κ3) is 3.88. The van der Waals surface area contributed by atoms with Crippen LogP contribution in [0.3, 0.4) is 0 Å². The van der Waals surface area contributed by atoms with Crippen molar-refractivity contribution in [3.8, 4) is 23.3 Å². The lowest BCUT2D eigenvalue weighted by atomic mass is 9.93. The van der Waals surface area contributed by atoms with E-state index in [9.17, 15) is 5.26 Å². The van der Waals surface area contributed by atoms with Gasteiger partial charge >= 0.3 is 0 Å². The predicted octanol–water partition coefficient (Wildman–Crippen LogP) is 4.22. The number of hydrogen-bond donors (Lipinski definition) is 0. The van der Waals surface area contributed by atoms with Crippen molar-refractivity contribution in [3.63, 3.8) is 0 Å². The van der Waals surface area contributed by atoms with E-state index in [-0.39, 0.29) is 5.92 Å². The molecule has 0 aliphatic heterocycles. The van der Waals surface area contributed by atoms with E-state index in [1.165, 1.54) is 0 Å². The summed E-state index contributed by atoms with van der Waals surface area (Å²) in [6.45, 7) is 0. The lowest BCUT2D eigenvalue weighted by Crippen LogP contribution is -2.02. The Bertz CT molecular complexity index is 725. The van der Waals surface area contributed by atoms with Crippen molar-refractivity contribution < 1.29 is 14.2 Å². The zero-order chi connectivity index (χ0) is 16.8. The van der Waals surface area contributed by atoms with Gasteiger partial charge in [0.15, 0.2) is 11.5 Å². The fourth-order valence-corrected chi connectivity index (χ4v) is 2.65. The number of halogens is 1. The van der Waals surface area contributed by atoms with Crippen LogP contribution in [0.5, 0.6) is 17.2 Å². The van der Waals surface area contributed by atoms with Crippen LogP contribution in [0, 0.1) is 11.3 Å². The summed E-state index contributed by atoms with van der Waals surface area (Å²) in [6, 6.07) is 13.4. The topological polar surface area (TPSA) is 51.5 Å². The summed E-state index contributed by atoms with van der Waals surface area (Å²) in [7, 11) is 4.74. The first-order valence-corrected chi connectivity index (χ1v) is 7.44. The van der Waals surface area contributed by atoms with Crippen molar-refractivity contribution in [1.82, 2.24) is 0 Å². The number of rotatable bonds is 6. The van der Waals surface area contributed by atoms with Gasteiger partial charge in [0, 0.05) is 0 Å². The van der Waals surface area contributed by atoms with Crippen molar-refractivity contribution in [1.29, 1.82) is 5.26 Å². The molecule has 0 heterocycles. The van der Waals surface area contributed by atoms with E-state index in [0.717, 1.165) is 11.1 Å². The van der Waals surface area contributed by atoms with E-state index in [2.05, 4.69) is 6.07 Å². The molecule has 4 nitrogen and oxygen atoms in total. The largest absolute Gasteiger partial charge is 0.495 e. The molecule has 0 N–H and O–H groups in total. The molecule has 23 heavy (non-hydrogen) atoms. The molecule has 1 atom stereocenters. The van der Waals surface area contributed by atoms with E-state index < -0.39 is 0 Å². The van der Waals surface area contributed by atoms with Gasteiger partial charge < -0.3 is 14.2 Å². The van der Waals surface area contributed by atoms with Gasteiger partial charge in [-0.25, -0.2) is 0 Å². The standard InChI is InChI=1S/C18H18ClNO3/c1-21-16-7-5-13(10-15(16)19)14(11-20)8-12-4-6-17(22-2)18(9-12)23-3/h4-7,9-10,14H,8H2,1-3H3. The first kappa shape index (κ1) is 17.0. The first-order valence-electron chi connectivity index (χ1n) is 7.06. The van der Waals surface area contributed by atoms with Crippen molar-refractivity contribution in [3.05, 3.63) is 52.5 Å². The highest BCUT2D eigenvalue weighted by Gasteiger charge is 2.15. The lowest BCUT2D eigenvalue weighted by molar-refractivity contribution is 0.354.